The van der Waals surface area contributed by atoms with Gasteiger partial charge in [-0.2, -0.15) is 0 Å². The fraction of sp³-hybridized carbons (Fsp3) is 0.389. The van der Waals surface area contributed by atoms with Gasteiger partial charge in [-0.25, -0.2) is 13.1 Å². The van der Waals surface area contributed by atoms with E-state index in [0.29, 0.717) is 43.2 Å². The van der Waals surface area contributed by atoms with E-state index in [1.54, 1.807) is 22.4 Å². The average molecular weight is 395 g/mol. The number of hydrogen-bond acceptors (Lipinski definition) is 5. The van der Waals surface area contributed by atoms with Gasteiger partial charge in [0.2, 0.25) is 15.9 Å². The van der Waals surface area contributed by atoms with Crippen molar-refractivity contribution < 1.29 is 17.9 Å². The Morgan fingerprint density at radius 2 is 1.88 bits per heavy atom. The van der Waals surface area contributed by atoms with Gasteiger partial charge in [-0.1, -0.05) is 24.3 Å². The standard InChI is InChI=1S/C18H22N2O4S2/c21-17(10-13-24-16-5-2-1-3-6-16)20-11-8-15(9-12-20)19-26(22,23)18-7-4-14-25-18/h1-7,14-15,19H,8-13H2. The van der Waals surface area contributed by atoms with Crippen LogP contribution in [-0.2, 0) is 14.8 Å². The first-order valence-corrected chi connectivity index (χ1v) is 10.9. The summed E-state index contributed by atoms with van der Waals surface area (Å²) in [6.45, 7) is 1.46. The van der Waals surface area contributed by atoms with E-state index in [1.807, 2.05) is 30.3 Å². The molecule has 0 spiro atoms. The molecule has 0 bridgehead atoms. The number of likely N-dealkylation sites (tertiary alicyclic amines) is 1. The number of benzene rings is 1. The van der Waals surface area contributed by atoms with Crippen LogP contribution in [-0.4, -0.2) is 45.0 Å². The van der Waals surface area contributed by atoms with Crippen LogP contribution in [0.3, 0.4) is 0 Å². The molecule has 1 aromatic heterocycles. The molecule has 0 aliphatic carbocycles. The maximum absolute atomic E-state index is 12.3. The van der Waals surface area contributed by atoms with Crippen LogP contribution < -0.4 is 9.46 Å². The predicted molar refractivity (Wildman–Crippen MR) is 101 cm³/mol. The van der Waals surface area contributed by atoms with Crippen LogP contribution in [0.25, 0.3) is 0 Å². The first-order chi connectivity index (χ1) is 12.5. The molecule has 8 heteroatoms. The highest BCUT2D eigenvalue weighted by molar-refractivity contribution is 7.91. The lowest BCUT2D eigenvalue weighted by atomic mass is 10.1. The Labute approximate surface area is 157 Å². The Hall–Kier alpha value is -1.90. The molecule has 3 rings (SSSR count). The third-order valence-corrected chi connectivity index (χ3v) is 7.18. The molecule has 1 aliphatic rings. The minimum absolute atomic E-state index is 0.0421. The minimum Gasteiger partial charge on any atom is -0.493 e. The van der Waals surface area contributed by atoms with Crippen molar-refractivity contribution in [2.75, 3.05) is 19.7 Å². The largest absolute Gasteiger partial charge is 0.493 e. The van der Waals surface area contributed by atoms with Crippen molar-refractivity contribution in [3.63, 3.8) is 0 Å². The topological polar surface area (TPSA) is 75.7 Å². The number of nitrogens with zero attached hydrogens (tertiary/aromatic N) is 1. The molecule has 2 aromatic rings. The second-order valence-corrected chi connectivity index (χ2v) is 9.01. The number of thiophene rings is 1. The Bertz CT molecular complexity index is 799. The zero-order chi connectivity index (χ0) is 18.4. The molecule has 0 unspecified atom stereocenters. The molecular weight excluding hydrogens is 372 g/mol. The quantitative estimate of drug-likeness (QED) is 0.783. The van der Waals surface area contributed by atoms with E-state index in [-0.39, 0.29) is 11.9 Å². The van der Waals surface area contributed by atoms with E-state index in [4.69, 9.17) is 4.74 Å². The highest BCUT2D eigenvalue weighted by Gasteiger charge is 2.26. The third-order valence-electron chi connectivity index (χ3n) is 4.26. The van der Waals surface area contributed by atoms with E-state index in [2.05, 4.69) is 4.72 Å². The molecule has 0 atom stereocenters. The number of amides is 1. The van der Waals surface area contributed by atoms with Gasteiger partial charge >= 0.3 is 0 Å². The third kappa shape index (κ3) is 5.06. The summed E-state index contributed by atoms with van der Waals surface area (Å²) in [6, 6.07) is 12.6. The summed E-state index contributed by atoms with van der Waals surface area (Å²) >= 11 is 1.20. The summed E-state index contributed by atoms with van der Waals surface area (Å²) < 4.78 is 33.1. The lowest BCUT2D eigenvalue weighted by Gasteiger charge is -2.32. The van der Waals surface area contributed by atoms with Crippen molar-refractivity contribution in [2.45, 2.75) is 29.5 Å². The van der Waals surface area contributed by atoms with Crippen molar-refractivity contribution in [1.82, 2.24) is 9.62 Å². The van der Waals surface area contributed by atoms with Crippen molar-refractivity contribution in [2.24, 2.45) is 0 Å². The van der Waals surface area contributed by atoms with Crippen molar-refractivity contribution in [3.05, 3.63) is 47.8 Å². The van der Waals surface area contributed by atoms with Crippen molar-refractivity contribution in [1.29, 1.82) is 0 Å². The van der Waals surface area contributed by atoms with Crippen LogP contribution >= 0.6 is 11.3 Å². The highest BCUT2D eigenvalue weighted by atomic mass is 32.2. The molecule has 1 saturated heterocycles. The first-order valence-electron chi connectivity index (χ1n) is 8.56. The summed E-state index contributed by atoms with van der Waals surface area (Å²) in [5, 5.41) is 1.74. The smallest absolute Gasteiger partial charge is 0.250 e. The predicted octanol–water partition coefficient (Wildman–Crippen LogP) is 2.49. The van der Waals surface area contributed by atoms with Gasteiger partial charge in [0, 0.05) is 19.1 Å². The molecule has 0 saturated carbocycles. The van der Waals surface area contributed by atoms with Gasteiger partial charge in [0.1, 0.15) is 9.96 Å². The Kier molecular flexibility index (Phi) is 6.29. The number of sulfonamides is 1. The molecule has 140 valence electrons. The molecule has 6 nitrogen and oxygen atoms in total. The highest BCUT2D eigenvalue weighted by Crippen LogP contribution is 2.19. The lowest BCUT2D eigenvalue weighted by Crippen LogP contribution is -2.46. The molecule has 2 heterocycles. The Balaban J connectivity index is 1.41. The van der Waals surface area contributed by atoms with Crippen LogP contribution in [0.1, 0.15) is 19.3 Å². The molecule has 1 amide bonds. The summed E-state index contributed by atoms with van der Waals surface area (Å²) in [7, 11) is -3.45. The van der Waals surface area contributed by atoms with E-state index < -0.39 is 10.0 Å². The number of ether oxygens (including phenoxy) is 1. The number of nitrogens with one attached hydrogen (secondary N) is 1. The second-order valence-electron chi connectivity index (χ2n) is 6.12. The molecule has 26 heavy (non-hydrogen) atoms. The van der Waals surface area contributed by atoms with Gasteiger partial charge in [-0.05, 0) is 36.4 Å². The van der Waals surface area contributed by atoms with Gasteiger partial charge < -0.3 is 9.64 Å². The lowest BCUT2D eigenvalue weighted by molar-refractivity contribution is -0.132. The number of piperidine rings is 1. The van der Waals surface area contributed by atoms with E-state index in [1.165, 1.54) is 11.3 Å². The van der Waals surface area contributed by atoms with E-state index >= 15 is 0 Å². The van der Waals surface area contributed by atoms with Gasteiger partial charge in [-0.15, -0.1) is 11.3 Å². The maximum Gasteiger partial charge on any atom is 0.250 e. The van der Waals surface area contributed by atoms with E-state index in [0.717, 1.165) is 5.75 Å². The van der Waals surface area contributed by atoms with Crippen LogP contribution in [0.5, 0.6) is 5.75 Å². The second kappa shape index (κ2) is 8.66. The molecule has 1 aromatic carbocycles. The van der Waals surface area contributed by atoms with Crippen LogP contribution in [0.4, 0.5) is 0 Å². The molecule has 1 fully saturated rings. The SMILES string of the molecule is O=C(CCOc1ccccc1)N1CCC(NS(=O)(=O)c2cccs2)CC1. The maximum atomic E-state index is 12.3. The summed E-state index contributed by atoms with van der Waals surface area (Å²) in [4.78, 5) is 14.1. The Morgan fingerprint density at radius 1 is 1.15 bits per heavy atom. The fourth-order valence-electron chi connectivity index (χ4n) is 2.87. The fourth-order valence-corrected chi connectivity index (χ4v) is 5.19. The van der Waals surface area contributed by atoms with Gasteiger partial charge in [0.25, 0.3) is 0 Å². The Morgan fingerprint density at radius 3 is 2.54 bits per heavy atom. The molecule has 1 aliphatic heterocycles. The van der Waals surface area contributed by atoms with E-state index in [9.17, 15) is 13.2 Å². The van der Waals surface area contributed by atoms with Crippen molar-refractivity contribution in [3.8, 4) is 5.75 Å². The molecular formula is C18H22N2O4S2. The zero-order valence-corrected chi connectivity index (χ0v) is 16.0. The summed E-state index contributed by atoms with van der Waals surface area (Å²) in [5.41, 5.74) is 0. The number of para-hydroxylation sites is 1. The summed E-state index contributed by atoms with van der Waals surface area (Å²) in [6.07, 6.45) is 1.56. The summed E-state index contributed by atoms with van der Waals surface area (Å²) in [5.74, 6) is 0.794. The average Bonchev–Trinajstić information content (AvgIpc) is 3.19. The normalized spacial score (nSPS) is 15.8. The number of hydrogen-bond donors (Lipinski definition) is 1. The van der Waals surface area contributed by atoms with Crippen LogP contribution in [0.15, 0.2) is 52.1 Å². The monoisotopic (exact) mass is 394 g/mol. The van der Waals surface area contributed by atoms with Crippen LogP contribution in [0, 0.1) is 0 Å². The number of carbonyl (C=O) groups is 1. The van der Waals surface area contributed by atoms with Gasteiger partial charge in [-0.3, -0.25) is 4.79 Å². The first kappa shape index (κ1) is 18.9. The number of carbonyl (C=O) groups excluding carboxylic acids is 1. The molecule has 0 radical (unpaired) electrons. The molecule has 1 N–H and O–H groups in total. The zero-order valence-electron chi connectivity index (χ0n) is 14.3. The minimum atomic E-state index is -3.45. The van der Waals surface area contributed by atoms with Gasteiger partial charge in [0.05, 0.1) is 13.0 Å². The number of rotatable bonds is 7. The van der Waals surface area contributed by atoms with Crippen molar-refractivity contribution >= 4 is 27.3 Å². The van der Waals surface area contributed by atoms with Crippen LogP contribution in [0.2, 0.25) is 0 Å². The van der Waals surface area contributed by atoms with Gasteiger partial charge in [0.15, 0.2) is 0 Å².